The number of para-hydroxylation sites is 1. The first-order valence-electron chi connectivity index (χ1n) is 8.48. The highest BCUT2D eigenvalue weighted by atomic mass is 16.5. The predicted octanol–water partition coefficient (Wildman–Crippen LogP) is 3.10. The van der Waals surface area contributed by atoms with Gasteiger partial charge in [0.05, 0.1) is 25.4 Å². The molecule has 0 aliphatic carbocycles. The van der Waals surface area contributed by atoms with E-state index in [4.69, 9.17) is 4.74 Å². The van der Waals surface area contributed by atoms with Gasteiger partial charge in [-0.05, 0) is 37.1 Å². The van der Waals surface area contributed by atoms with Crippen LogP contribution >= 0.6 is 0 Å². The molecule has 0 atom stereocenters. The number of rotatable bonds is 7. The molecule has 0 spiro atoms. The van der Waals surface area contributed by atoms with Crippen LogP contribution < -0.4 is 10.1 Å². The van der Waals surface area contributed by atoms with Crippen LogP contribution in [0.5, 0.6) is 5.75 Å². The summed E-state index contributed by atoms with van der Waals surface area (Å²) in [5.74, 6) is 0.890. The van der Waals surface area contributed by atoms with E-state index in [2.05, 4.69) is 35.5 Å². The van der Waals surface area contributed by atoms with Crippen molar-refractivity contribution >= 4 is 16.8 Å². The van der Waals surface area contributed by atoms with Gasteiger partial charge in [-0.15, -0.1) is 0 Å². The molecule has 0 unspecified atom stereocenters. The second-order valence-electron chi connectivity index (χ2n) is 6.09. The van der Waals surface area contributed by atoms with E-state index in [1.54, 1.807) is 7.11 Å². The summed E-state index contributed by atoms with van der Waals surface area (Å²) < 4.78 is 7.21. The molecule has 1 heterocycles. The van der Waals surface area contributed by atoms with Crippen LogP contribution in [0.15, 0.2) is 48.7 Å². The number of nitrogens with zero attached hydrogens (tertiary/aromatic N) is 2. The van der Waals surface area contributed by atoms with Crippen molar-refractivity contribution in [3.8, 4) is 5.75 Å². The summed E-state index contributed by atoms with van der Waals surface area (Å²) in [7, 11) is 1.66. The molecule has 0 aliphatic rings. The number of amides is 1. The number of hydrogen-bond donors (Lipinski definition) is 1. The lowest BCUT2D eigenvalue weighted by atomic mass is 10.1. The minimum absolute atomic E-state index is 0.0330. The molecule has 1 N–H and O–H groups in total. The van der Waals surface area contributed by atoms with Gasteiger partial charge in [-0.2, -0.15) is 5.10 Å². The van der Waals surface area contributed by atoms with Gasteiger partial charge in [0.25, 0.3) is 0 Å². The fraction of sp³-hybridized carbons (Fsp3) is 0.300. The van der Waals surface area contributed by atoms with Crippen LogP contribution in [0.4, 0.5) is 0 Å². The van der Waals surface area contributed by atoms with Gasteiger partial charge in [0.15, 0.2) is 0 Å². The zero-order valence-electron chi connectivity index (χ0n) is 14.7. The van der Waals surface area contributed by atoms with E-state index in [1.807, 2.05) is 35.1 Å². The van der Waals surface area contributed by atoms with Gasteiger partial charge in [0.1, 0.15) is 5.75 Å². The SMILES string of the molecule is COc1ccccc1CCNC(=O)CCn1ncc2cc(C)ccc21. The minimum Gasteiger partial charge on any atom is -0.496 e. The number of fused-ring (bicyclic) bond motifs is 1. The number of carbonyl (C=O) groups excluding carboxylic acids is 1. The molecule has 0 saturated carbocycles. The molecule has 3 aromatic rings. The summed E-state index contributed by atoms with van der Waals surface area (Å²) in [4.78, 5) is 12.1. The molecule has 5 heteroatoms. The average molecular weight is 337 g/mol. The van der Waals surface area contributed by atoms with Gasteiger partial charge in [0, 0.05) is 18.4 Å². The monoisotopic (exact) mass is 337 g/mol. The number of nitrogens with one attached hydrogen (secondary N) is 1. The topological polar surface area (TPSA) is 56.1 Å². The van der Waals surface area contributed by atoms with Crippen LogP contribution in [-0.2, 0) is 17.8 Å². The zero-order valence-corrected chi connectivity index (χ0v) is 14.7. The predicted molar refractivity (Wildman–Crippen MR) is 98.8 cm³/mol. The fourth-order valence-corrected chi connectivity index (χ4v) is 2.93. The molecule has 0 fully saturated rings. The summed E-state index contributed by atoms with van der Waals surface area (Å²) in [6.45, 7) is 3.23. The molecule has 0 saturated heterocycles. The van der Waals surface area contributed by atoms with Crippen molar-refractivity contribution < 1.29 is 9.53 Å². The van der Waals surface area contributed by atoms with Crippen LogP contribution in [0.3, 0.4) is 0 Å². The first-order chi connectivity index (χ1) is 12.2. The maximum atomic E-state index is 12.1. The van der Waals surface area contributed by atoms with Crippen molar-refractivity contribution in [2.75, 3.05) is 13.7 Å². The number of aromatic nitrogens is 2. The minimum atomic E-state index is 0.0330. The van der Waals surface area contributed by atoms with Crippen LogP contribution in [0, 0.1) is 6.92 Å². The lowest BCUT2D eigenvalue weighted by molar-refractivity contribution is -0.121. The molecule has 0 bridgehead atoms. The second-order valence-corrected chi connectivity index (χ2v) is 6.09. The summed E-state index contributed by atoms with van der Waals surface area (Å²) in [5.41, 5.74) is 3.37. The Hall–Kier alpha value is -2.82. The Labute approximate surface area is 147 Å². The molecule has 5 nitrogen and oxygen atoms in total. The lowest BCUT2D eigenvalue weighted by Crippen LogP contribution is -2.26. The van der Waals surface area contributed by atoms with E-state index in [9.17, 15) is 4.79 Å². The maximum absolute atomic E-state index is 12.1. The van der Waals surface area contributed by atoms with Gasteiger partial charge >= 0.3 is 0 Å². The Bertz CT molecular complexity index is 870. The summed E-state index contributed by atoms with van der Waals surface area (Å²) in [5, 5.41) is 8.45. The number of benzene rings is 2. The van der Waals surface area contributed by atoms with Gasteiger partial charge in [-0.1, -0.05) is 29.8 Å². The normalized spacial score (nSPS) is 10.8. The number of ether oxygens (including phenoxy) is 1. The van der Waals surface area contributed by atoms with Crippen molar-refractivity contribution in [3.63, 3.8) is 0 Å². The Morgan fingerprint density at radius 3 is 2.92 bits per heavy atom. The van der Waals surface area contributed by atoms with E-state index in [0.29, 0.717) is 19.5 Å². The van der Waals surface area contributed by atoms with Gasteiger partial charge in [0.2, 0.25) is 5.91 Å². The summed E-state index contributed by atoms with van der Waals surface area (Å²) >= 11 is 0. The molecule has 3 rings (SSSR count). The standard InChI is InChI=1S/C20H23N3O2/c1-15-7-8-18-17(13-15)14-22-23(18)12-10-20(24)21-11-9-16-5-3-4-6-19(16)25-2/h3-8,13-14H,9-12H2,1-2H3,(H,21,24). The number of methoxy groups -OCH3 is 1. The average Bonchev–Trinajstić information content (AvgIpc) is 3.02. The Morgan fingerprint density at radius 1 is 1.24 bits per heavy atom. The van der Waals surface area contributed by atoms with E-state index in [-0.39, 0.29) is 5.91 Å². The molecule has 0 aliphatic heterocycles. The molecule has 2 aromatic carbocycles. The Balaban J connectivity index is 1.49. The van der Waals surface area contributed by atoms with Crippen molar-refractivity contribution in [1.82, 2.24) is 15.1 Å². The molecule has 25 heavy (non-hydrogen) atoms. The zero-order chi connectivity index (χ0) is 17.6. The molecule has 130 valence electrons. The van der Waals surface area contributed by atoms with Crippen LogP contribution in [0.25, 0.3) is 10.9 Å². The molecular weight excluding hydrogens is 314 g/mol. The lowest BCUT2D eigenvalue weighted by Gasteiger charge is -2.09. The smallest absolute Gasteiger partial charge is 0.221 e. The number of aryl methyl sites for hydroxylation is 2. The van der Waals surface area contributed by atoms with E-state index in [0.717, 1.165) is 28.6 Å². The molecule has 1 aromatic heterocycles. The summed E-state index contributed by atoms with van der Waals surface area (Å²) in [6.07, 6.45) is 3.01. The fourth-order valence-electron chi connectivity index (χ4n) is 2.93. The van der Waals surface area contributed by atoms with Gasteiger partial charge in [-0.3, -0.25) is 9.48 Å². The van der Waals surface area contributed by atoms with E-state index in [1.165, 1.54) is 5.56 Å². The third kappa shape index (κ3) is 4.18. The van der Waals surface area contributed by atoms with E-state index >= 15 is 0 Å². The first kappa shape index (κ1) is 17.0. The highest BCUT2D eigenvalue weighted by Gasteiger charge is 2.07. The highest BCUT2D eigenvalue weighted by molar-refractivity contribution is 5.80. The number of carbonyl (C=O) groups is 1. The molecule has 0 radical (unpaired) electrons. The third-order valence-electron chi connectivity index (χ3n) is 4.26. The Kier molecular flexibility index (Phi) is 5.33. The van der Waals surface area contributed by atoms with Crippen molar-refractivity contribution in [3.05, 3.63) is 59.8 Å². The quantitative estimate of drug-likeness (QED) is 0.721. The maximum Gasteiger partial charge on any atom is 0.221 e. The Morgan fingerprint density at radius 2 is 2.08 bits per heavy atom. The molecule has 1 amide bonds. The van der Waals surface area contributed by atoms with Crippen molar-refractivity contribution in [2.24, 2.45) is 0 Å². The van der Waals surface area contributed by atoms with Crippen molar-refractivity contribution in [2.45, 2.75) is 26.3 Å². The van der Waals surface area contributed by atoms with Gasteiger partial charge in [-0.25, -0.2) is 0 Å². The van der Waals surface area contributed by atoms with Crippen LogP contribution in [0.1, 0.15) is 17.5 Å². The van der Waals surface area contributed by atoms with Crippen LogP contribution in [0.2, 0.25) is 0 Å². The largest absolute Gasteiger partial charge is 0.496 e. The second kappa shape index (κ2) is 7.83. The summed E-state index contributed by atoms with van der Waals surface area (Å²) in [6, 6.07) is 14.1. The first-order valence-corrected chi connectivity index (χ1v) is 8.48. The van der Waals surface area contributed by atoms with Crippen molar-refractivity contribution in [1.29, 1.82) is 0 Å². The van der Waals surface area contributed by atoms with Gasteiger partial charge < -0.3 is 10.1 Å². The molecular formula is C20H23N3O2. The third-order valence-corrected chi connectivity index (χ3v) is 4.26. The highest BCUT2D eigenvalue weighted by Crippen LogP contribution is 2.17. The number of hydrogen-bond acceptors (Lipinski definition) is 3. The van der Waals surface area contributed by atoms with E-state index < -0.39 is 0 Å². The van der Waals surface area contributed by atoms with Crippen LogP contribution in [-0.4, -0.2) is 29.3 Å².